The second-order valence-corrected chi connectivity index (χ2v) is 4.94. The van der Waals surface area contributed by atoms with Crippen LogP contribution >= 0.6 is 0 Å². The molecule has 2 heterocycles. The maximum atomic E-state index is 12.3. The first-order valence-electron chi connectivity index (χ1n) is 6.35. The predicted molar refractivity (Wildman–Crippen MR) is 67.4 cm³/mol. The number of aryl methyl sites for hydroxylation is 1. The van der Waals surface area contributed by atoms with Gasteiger partial charge in [-0.3, -0.25) is 14.6 Å². The van der Waals surface area contributed by atoms with Gasteiger partial charge in [0.2, 0.25) is 0 Å². The van der Waals surface area contributed by atoms with E-state index in [0.29, 0.717) is 17.3 Å². The van der Waals surface area contributed by atoms with Crippen LogP contribution in [0.15, 0.2) is 12.5 Å². The molecule has 0 aromatic carbocycles. The molecule has 1 aliphatic rings. The standard InChI is InChI=1S/C12H16N6O/c1-7(11-13-6-14-16-11)15-12(19)9-5-18(2)17-10(9)8-3-4-8/h5-8H,3-4H2,1-2H3,(H,15,19)(H,13,14,16). The SMILES string of the molecule is CC(NC(=O)c1cn(C)nc1C1CC1)c1ncn[nH]1. The molecule has 1 atom stereocenters. The first-order chi connectivity index (χ1) is 9.15. The molecule has 0 spiro atoms. The van der Waals surface area contributed by atoms with Crippen LogP contribution in [-0.2, 0) is 7.05 Å². The molecule has 0 radical (unpaired) electrons. The second kappa shape index (κ2) is 4.49. The molecule has 1 fully saturated rings. The highest BCUT2D eigenvalue weighted by Gasteiger charge is 2.31. The van der Waals surface area contributed by atoms with E-state index in [1.165, 1.54) is 6.33 Å². The number of H-pyrrole nitrogens is 1. The normalized spacial score (nSPS) is 16.3. The molecule has 2 aromatic heterocycles. The van der Waals surface area contributed by atoms with Crippen molar-refractivity contribution in [3.63, 3.8) is 0 Å². The topological polar surface area (TPSA) is 88.5 Å². The number of hydrogen-bond acceptors (Lipinski definition) is 4. The van der Waals surface area contributed by atoms with Gasteiger partial charge < -0.3 is 5.32 Å². The van der Waals surface area contributed by atoms with E-state index < -0.39 is 0 Å². The van der Waals surface area contributed by atoms with E-state index in [-0.39, 0.29) is 11.9 Å². The van der Waals surface area contributed by atoms with E-state index >= 15 is 0 Å². The highest BCUT2D eigenvalue weighted by molar-refractivity contribution is 5.95. The second-order valence-electron chi connectivity index (χ2n) is 4.94. The Labute approximate surface area is 110 Å². The first kappa shape index (κ1) is 11.9. The summed E-state index contributed by atoms with van der Waals surface area (Å²) >= 11 is 0. The summed E-state index contributed by atoms with van der Waals surface area (Å²) in [5, 5.41) is 13.8. The Kier molecular flexibility index (Phi) is 2.81. The molecule has 1 saturated carbocycles. The number of rotatable bonds is 4. The fourth-order valence-corrected chi connectivity index (χ4v) is 2.11. The molecule has 2 aromatic rings. The van der Waals surface area contributed by atoms with Crippen molar-refractivity contribution in [2.45, 2.75) is 31.7 Å². The van der Waals surface area contributed by atoms with Gasteiger partial charge in [-0.1, -0.05) is 0 Å². The van der Waals surface area contributed by atoms with E-state index in [2.05, 4.69) is 25.6 Å². The van der Waals surface area contributed by atoms with Crippen molar-refractivity contribution in [1.82, 2.24) is 30.3 Å². The lowest BCUT2D eigenvalue weighted by molar-refractivity contribution is 0.0937. The third kappa shape index (κ3) is 2.35. The summed E-state index contributed by atoms with van der Waals surface area (Å²) in [7, 11) is 1.84. The summed E-state index contributed by atoms with van der Waals surface area (Å²) in [5.41, 5.74) is 1.57. The Morgan fingerprint density at radius 3 is 3.00 bits per heavy atom. The minimum atomic E-state index is -0.206. The summed E-state index contributed by atoms with van der Waals surface area (Å²) in [5.74, 6) is 0.978. The van der Waals surface area contributed by atoms with Crippen molar-refractivity contribution in [3.05, 3.63) is 29.6 Å². The molecular formula is C12H16N6O. The van der Waals surface area contributed by atoms with Gasteiger partial charge in [0.15, 0.2) is 0 Å². The Bertz CT molecular complexity index is 583. The fourth-order valence-electron chi connectivity index (χ4n) is 2.11. The zero-order chi connectivity index (χ0) is 13.4. The smallest absolute Gasteiger partial charge is 0.255 e. The summed E-state index contributed by atoms with van der Waals surface area (Å²) in [6.07, 6.45) is 5.44. The molecule has 0 saturated heterocycles. The average Bonchev–Trinajstić information content (AvgIpc) is 2.91. The molecule has 1 unspecified atom stereocenters. The third-order valence-corrected chi connectivity index (χ3v) is 3.26. The molecule has 1 aliphatic carbocycles. The van der Waals surface area contributed by atoms with Crippen LogP contribution < -0.4 is 5.32 Å². The Balaban J connectivity index is 1.77. The van der Waals surface area contributed by atoms with Gasteiger partial charge in [0.25, 0.3) is 5.91 Å². The zero-order valence-corrected chi connectivity index (χ0v) is 10.9. The molecular weight excluding hydrogens is 244 g/mol. The number of hydrogen-bond donors (Lipinski definition) is 2. The van der Waals surface area contributed by atoms with Crippen LogP contribution in [0.2, 0.25) is 0 Å². The number of carbonyl (C=O) groups excluding carboxylic acids is 1. The van der Waals surface area contributed by atoms with Crippen LogP contribution in [0.25, 0.3) is 0 Å². The van der Waals surface area contributed by atoms with E-state index in [4.69, 9.17) is 0 Å². The molecule has 7 nitrogen and oxygen atoms in total. The molecule has 7 heteroatoms. The third-order valence-electron chi connectivity index (χ3n) is 3.26. The van der Waals surface area contributed by atoms with Crippen molar-refractivity contribution in [1.29, 1.82) is 0 Å². The lowest BCUT2D eigenvalue weighted by Gasteiger charge is -2.10. The molecule has 3 rings (SSSR count). The summed E-state index contributed by atoms with van der Waals surface area (Å²) in [4.78, 5) is 16.3. The number of aromatic amines is 1. The Hall–Kier alpha value is -2.18. The van der Waals surface area contributed by atoms with E-state index in [0.717, 1.165) is 18.5 Å². The van der Waals surface area contributed by atoms with Gasteiger partial charge in [-0.2, -0.15) is 10.2 Å². The quantitative estimate of drug-likeness (QED) is 0.855. The monoisotopic (exact) mass is 260 g/mol. The zero-order valence-electron chi connectivity index (χ0n) is 10.9. The average molecular weight is 260 g/mol. The van der Waals surface area contributed by atoms with Crippen LogP contribution in [-0.4, -0.2) is 30.9 Å². The van der Waals surface area contributed by atoms with Crippen molar-refractivity contribution >= 4 is 5.91 Å². The Morgan fingerprint density at radius 1 is 1.58 bits per heavy atom. The summed E-state index contributed by atoms with van der Waals surface area (Å²) < 4.78 is 1.70. The molecule has 1 amide bonds. The van der Waals surface area contributed by atoms with Gasteiger partial charge in [-0.15, -0.1) is 0 Å². The lowest BCUT2D eigenvalue weighted by Crippen LogP contribution is -2.27. The van der Waals surface area contributed by atoms with Gasteiger partial charge in [0.05, 0.1) is 17.3 Å². The van der Waals surface area contributed by atoms with Crippen LogP contribution in [0.1, 0.15) is 53.6 Å². The van der Waals surface area contributed by atoms with E-state index in [1.54, 1.807) is 10.9 Å². The lowest BCUT2D eigenvalue weighted by atomic mass is 10.1. The van der Waals surface area contributed by atoms with Crippen LogP contribution in [0.3, 0.4) is 0 Å². The van der Waals surface area contributed by atoms with Crippen molar-refractivity contribution in [2.75, 3.05) is 0 Å². The summed E-state index contributed by atoms with van der Waals surface area (Å²) in [6, 6.07) is -0.206. The summed E-state index contributed by atoms with van der Waals surface area (Å²) in [6.45, 7) is 1.87. The maximum Gasteiger partial charge on any atom is 0.255 e. The first-order valence-corrected chi connectivity index (χ1v) is 6.35. The number of aromatic nitrogens is 5. The van der Waals surface area contributed by atoms with Crippen molar-refractivity contribution < 1.29 is 4.79 Å². The molecule has 2 N–H and O–H groups in total. The molecule has 100 valence electrons. The van der Waals surface area contributed by atoms with Crippen LogP contribution in [0.4, 0.5) is 0 Å². The van der Waals surface area contributed by atoms with Gasteiger partial charge in [-0.25, -0.2) is 4.98 Å². The highest BCUT2D eigenvalue weighted by Crippen LogP contribution is 2.40. The van der Waals surface area contributed by atoms with E-state index in [9.17, 15) is 4.79 Å². The molecule has 0 aliphatic heterocycles. The Morgan fingerprint density at radius 2 is 2.37 bits per heavy atom. The minimum absolute atomic E-state index is 0.112. The van der Waals surface area contributed by atoms with Gasteiger partial charge >= 0.3 is 0 Å². The highest BCUT2D eigenvalue weighted by atomic mass is 16.1. The number of nitrogens with one attached hydrogen (secondary N) is 2. The van der Waals surface area contributed by atoms with Crippen molar-refractivity contribution in [3.8, 4) is 0 Å². The van der Waals surface area contributed by atoms with Crippen molar-refractivity contribution in [2.24, 2.45) is 7.05 Å². The van der Waals surface area contributed by atoms with E-state index in [1.807, 2.05) is 14.0 Å². The van der Waals surface area contributed by atoms with Crippen LogP contribution in [0, 0.1) is 0 Å². The fraction of sp³-hybridized carbons (Fsp3) is 0.500. The maximum absolute atomic E-state index is 12.3. The number of amides is 1. The number of carbonyl (C=O) groups is 1. The minimum Gasteiger partial charge on any atom is -0.342 e. The predicted octanol–water partition coefficient (Wildman–Crippen LogP) is 0.907. The van der Waals surface area contributed by atoms with Gasteiger partial charge in [0, 0.05) is 19.2 Å². The van der Waals surface area contributed by atoms with Crippen LogP contribution in [0.5, 0.6) is 0 Å². The largest absolute Gasteiger partial charge is 0.342 e. The molecule has 0 bridgehead atoms. The van der Waals surface area contributed by atoms with Gasteiger partial charge in [0.1, 0.15) is 12.2 Å². The molecule has 19 heavy (non-hydrogen) atoms. The van der Waals surface area contributed by atoms with Gasteiger partial charge in [-0.05, 0) is 19.8 Å². The number of nitrogens with zero attached hydrogens (tertiary/aromatic N) is 4.